The zero-order valence-corrected chi connectivity index (χ0v) is 20.0. The topological polar surface area (TPSA) is 78.3 Å². The number of nitrogens with zero attached hydrogens (tertiary/aromatic N) is 3. The lowest BCUT2D eigenvalue weighted by Gasteiger charge is -2.19. The minimum atomic E-state index is -0.120. The number of amides is 1. The molecule has 7 nitrogen and oxygen atoms in total. The van der Waals surface area contributed by atoms with Gasteiger partial charge in [-0.2, -0.15) is 0 Å². The van der Waals surface area contributed by atoms with Gasteiger partial charge in [0.1, 0.15) is 18.1 Å². The van der Waals surface area contributed by atoms with Gasteiger partial charge in [-0.05, 0) is 42.2 Å². The van der Waals surface area contributed by atoms with Gasteiger partial charge >= 0.3 is 0 Å². The van der Waals surface area contributed by atoms with Gasteiger partial charge in [-0.1, -0.05) is 50.7 Å². The Morgan fingerprint density at radius 3 is 2.50 bits per heavy atom. The van der Waals surface area contributed by atoms with E-state index < -0.39 is 0 Å². The summed E-state index contributed by atoms with van der Waals surface area (Å²) in [4.78, 5) is 12.3. The predicted molar refractivity (Wildman–Crippen MR) is 128 cm³/mol. The Balaban J connectivity index is 1.56. The molecule has 32 heavy (non-hydrogen) atoms. The number of methoxy groups -OCH3 is 1. The standard InChI is InChI=1S/C24H30N4O3S/c1-6-28-21(15-31-19-12-10-17(11-13-19)24(2,3)4)26-27-23(28)32-16-22(29)25-18-8-7-9-20(14-18)30-5/h7-14H,6,15-16H2,1-5H3,(H,25,29). The van der Waals surface area contributed by atoms with Crippen LogP contribution in [-0.2, 0) is 23.4 Å². The molecule has 0 fully saturated rings. The lowest BCUT2D eigenvalue weighted by molar-refractivity contribution is -0.113. The number of ether oxygens (including phenoxy) is 2. The molecule has 0 radical (unpaired) electrons. The second-order valence-corrected chi connectivity index (χ2v) is 9.22. The summed E-state index contributed by atoms with van der Waals surface area (Å²) in [5, 5.41) is 12.1. The highest BCUT2D eigenvalue weighted by Crippen LogP contribution is 2.25. The molecule has 0 aliphatic rings. The van der Waals surface area contributed by atoms with Crippen molar-refractivity contribution in [3.05, 3.63) is 59.9 Å². The number of aromatic nitrogens is 3. The van der Waals surface area contributed by atoms with Crippen LogP contribution in [0.2, 0.25) is 0 Å². The molecule has 2 aromatic carbocycles. The molecule has 3 aromatic rings. The summed E-state index contributed by atoms with van der Waals surface area (Å²) in [6, 6.07) is 15.4. The Bertz CT molecular complexity index is 1040. The van der Waals surface area contributed by atoms with Crippen LogP contribution in [0.4, 0.5) is 5.69 Å². The first-order chi connectivity index (χ1) is 15.3. The number of hydrogen-bond donors (Lipinski definition) is 1. The van der Waals surface area contributed by atoms with E-state index in [-0.39, 0.29) is 17.1 Å². The monoisotopic (exact) mass is 454 g/mol. The predicted octanol–water partition coefficient (Wildman–Crippen LogP) is 4.91. The molecule has 3 rings (SSSR count). The van der Waals surface area contributed by atoms with Crippen molar-refractivity contribution >= 4 is 23.4 Å². The van der Waals surface area contributed by atoms with Crippen molar-refractivity contribution in [3.63, 3.8) is 0 Å². The van der Waals surface area contributed by atoms with Crippen LogP contribution in [0.25, 0.3) is 0 Å². The highest BCUT2D eigenvalue weighted by Gasteiger charge is 2.15. The first-order valence-corrected chi connectivity index (χ1v) is 11.5. The average Bonchev–Trinajstić information content (AvgIpc) is 3.18. The first-order valence-electron chi connectivity index (χ1n) is 10.5. The maximum absolute atomic E-state index is 12.3. The second kappa shape index (κ2) is 10.5. The van der Waals surface area contributed by atoms with E-state index in [1.165, 1.54) is 17.3 Å². The largest absolute Gasteiger partial charge is 0.497 e. The quantitative estimate of drug-likeness (QED) is 0.463. The van der Waals surface area contributed by atoms with Crippen molar-refractivity contribution in [2.24, 2.45) is 0 Å². The van der Waals surface area contributed by atoms with E-state index >= 15 is 0 Å². The maximum atomic E-state index is 12.3. The Kier molecular flexibility index (Phi) is 7.80. The van der Waals surface area contributed by atoms with Crippen LogP contribution in [0, 0.1) is 0 Å². The van der Waals surface area contributed by atoms with Gasteiger partial charge in [0.15, 0.2) is 11.0 Å². The third-order valence-corrected chi connectivity index (χ3v) is 5.85. The number of carbonyl (C=O) groups is 1. The summed E-state index contributed by atoms with van der Waals surface area (Å²) >= 11 is 1.35. The molecule has 0 saturated carbocycles. The third kappa shape index (κ3) is 6.26. The number of rotatable bonds is 9. The zero-order chi connectivity index (χ0) is 23.1. The van der Waals surface area contributed by atoms with E-state index in [2.05, 4.69) is 48.4 Å². The van der Waals surface area contributed by atoms with E-state index in [4.69, 9.17) is 9.47 Å². The molecule has 0 aliphatic carbocycles. The molecule has 8 heteroatoms. The summed E-state index contributed by atoms with van der Waals surface area (Å²) < 4.78 is 13.1. The normalized spacial score (nSPS) is 11.3. The molecule has 170 valence electrons. The summed E-state index contributed by atoms with van der Waals surface area (Å²) in [5.41, 5.74) is 2.05. The summed E-state index contributed by atoms with van der Waals surface area (Å²) in [6.07, 6.45) is 0. The second-order valence-electron chi connectivity index (χ2n) is 8.27. The summed E-state index contributed by atoms with van der Waals surface area (Å²) in [6.45, 7) is 9.57. The molecule has 1 heterocycles. The van der Waals surface area contributed by atoms with Gasteiger partial charge in [-0.25, -0.2) is 0 Å². The minimum Gasteiger partial charge on any atom is -0.497 e. The number of thioether (sulfide) groups is 1. The number of hydrogen-bond acceptors (Lipinski definition) is 6. The fourth-order valence-electron chi connectivity index (χ4n) is 3.08. The molecule has 0 unspecified atom stereocenters. The van der Waals surface area contributed by atoms with Crippen LogP contribution in [0.15, 0.2) is 53.7 Å². The highest BCUT2D eigenvalue weighted by atomic mass is 32.2. The summed E-state index contributed by atoms with van der Waals surface area (Å²) in [7, 11) is 1.59. The lowest BCUT2D eigenvalue weighted by Crippen LogP contribution is -2.15. The van der Waals surface area contributed by atoms with E-state index in [9.17, 15) is 4.79 Å². The van der Waals surface area contributed by atoms with Crippen molar-refractivity contribution in [3.8, 4) is 11.5 Å². The molecule has 1 amide bonds. The SMILES string of the molecule is CCn1c(COc2ccc(C(C)(C)C)cc2)nnc1SCC(=O)Nc1cccc(OC)c1. The van der Waals surface area contributed by atoms with Crippen LogP contribution in [0.5, 0.6) is 11.5 Å². The summed E-state index contributed by atoms with van der Waals surface area (Å²) in [5.74, 6) is 2.31. The Morgan fingerprint density at radius 1 is 1.09 bits per heavy atom. The smallest absolute Gasteiger partial charge is 0.234 e. The Morgan fingerprint density at radius 2 is 1.84 bits per heavy atom. The molecule has 1 N–H and O–H groups in total. The van der Waals surface area contributed by atoms with Crippen molar-refractivity contribution in [2.75, 3.05) is 18.2 Å². The molecule has 0 bridgehead atoms. The number of nitrogens with one attached hydrogen (secondary N) is 1. The molecule has 0 saturated heterocycles. The molecule has 0 aliphatic heterocycles. The lowest BCUT2D eigenvalue weighted by atomic mass is 9.87. The number of anilines is 1. The Labute approximate surface area is 193 Å². The minimum absolute atomic E-state index is 0.103. The van der Waals surface area contributed by atoms with Gasteiger partial charge in [-0.15, -0.1) is 10.2 Å². The third-order valence-electron chi connectivity index (χ3n) is 4.88. The van der Waals surface area contributed by atoms with Crippen LogP contribution < -0.4 is 14.8 Å². The maximum Gasteiger partial charge on any atom is 0.234 e. The van der Waals surface area contributed by atoms with Crippen LogP contribution in [-0.4, -0.2) is 33.5 Å². The molecule has 1 aromatic heterocycles. The number of carbonyl (C=O) groups excluding carboxylic acids is 1. The van der Waals surface area contributed by atoms with Crippen molar-refractivity contribution in [1.29, 1.82) is 0 Å². The molecular weight excluding hydrogens is 424 g/mol. The van der Waals surface area contributed by atoms with Crippen molar-refractivity contribution < 1.29 is 14.3 Å². The van der Waals surface area contributed by atoms with Gasteiger partial charge in [0.25, 0.3) is 0 Å². The van der Waals surface area contributed by atoms with E-state index in [0.29, 0.717) is 29.7 Å². The molecule has 0 spiro atoms. The fraction of sp³-hybridized carbons (Fsp3) is 0.375. The van der Waals surface area contributed by atoms with Gasteiger partial charge in [0.2, 0.25) is 5.91 Å². The molecular formula is C24H30N4O3S. The number of benzene rings is 2. The Hall–Kier alpha value is -3.00. The molecule has 0 atom stereocenters. The van der Waals surface area contributed by atoms with Crippen molar-refractivity contribution in [1.82, 2.24) is 14.8 Å². The highest BCUT2D eigenvalue weighted by molar-refractivity contribution is 7.99. The van der Waals surface area contributed by atoms with E-state index in [1.807, 2.05) is 41.8 Å². The fourth-order valence-corrected chi connectivity index (χ4v) is 3.90. The van der Waals surface area contributed by atoms with Crippen LogP contribution in [0.3, 0.4) is 0 Å². The van der Waals surface area contributed by atoms with Crippen LogP contribution in [0.1, 0.15) is 39.1 Å². The van der Waals surface area contributed by atoms with Gasteiger partial charge in [-0.3, -0.25) is 4.79 Å². The van der Waals surface area contributed by atoms with Gasteiger partial charge < -0.3 is 19.4 Å². The van der Waals surface area contributed by atoms with Crippen LogP contribution >= 0.6 is 11.8 Å². The average molecular weight is 455 g/mol. The van der Waals surface area contributed by atoms with E-state index in [1.54, 1.807) is 13.2 Å². The first kappa shape index (κ1) is 23.7. The zero-order valence-electron chi connectivity index (χ0n) is 19.2. The van der Waals surface area contributed by atoms with Crippen molar-refractivity contribution in [2.45, 2.75) is 51.4 Å². The van der Waals surface area contributed by atoms with Gasteiger partial charge in [0.05, 0.1) is 12.9 Å². The van der Waals surface area contributed by atoms with Gasteiger partial charge in [0, 0.05) is 18.3 Å². The van der Waals surface area contributed by atoms with E-state index in [0.717, 1.165) is 11.6 Å².